The van der Waals surface area contributed by atoms with Crippen molar-refractivity contribution in [2.24, 2.45) is 23.7 Å². The Labute approximate surface area is 189 Å². The van der Waals surface area contributed by atoms with Gasteiger partial charge in [0.15, 0.2) is 11.5 Å². The van der Waals surface area contributed by atoms with Gasteiger partial charge >= 0.3 is 0 Å². The Hall–Kier alpha value is -1.78. The zero-order chi connectivity index (χ0) is 21.4. The van der Waals surface area contributed by atoms with Gasteiger partial charge in [-0.15, -0.1) is 0 Å². The molecule has 166 valence electrons. The average Bonchev–Trinajstić information content (AvgIpc) is 2.74. The number of ether oxygens (including phenoxy) is 2. The summed E-state index contributed by atoms with van der Waals surface area (Å²) in [5.41, 5.74) is 2.00. The van der Waals surface area contributed by atoms with E-state index in [0.29, 0.717) is 35.8 Å². The van der Waals surface area contributed by atoms with E-state index in [1.54, 1.807) is 12.1 Å². The Balaban J connectivity index is 1.27. The molecule has 4 aliphatic rings. The third-order valence-electron chi connectivity index (χ3n) is 7.43. The molecular weight excluding hydrogens is 413 g/mol. The molecule has 3 nitrogen and oxygen atoms in total. The van der Waals surface area contributed by atoms with Crippen LogP contribution in [-0.4, -0.2) is 12.6 Å². The molecule has 0 aliphatic heterocycles. The zero-order valence-corrected chi connectivity index (χ0v) is 18.8. The van der Waals surface area contributed by atoms with Gasteiger partial charge in [-0.05, 0) is 98.1 Å². The van der Waals surface area contributed by atoms with Crippen LogP contribution in [0.2, 0.25) is 5.02 Å². The lowest BCUT2D eigenvalue weighted by Gasteiger charge is -2.54. The van der Waals surface area contributed by atoms with Crippen LogP contribution in [-0.2, 0) is 13.2 Å². The number of benzene rings is 2. The molecule has 6 rings (SSSR count). The quantitative estimate of drug-likeness (QED) is 0.514. The first-order chi connectivity index (χ1) is 15.1. The van der Waals surface area contributed by atoms with E-state index in [0.717, 1.165) is 41.3 Å². The Morgan fingerprint density at radius 2 is 1.61 bits per heavy atom. The molecule has 0 radical (unpaired) electrons. The summed E-state index contributed by atoms with van der Waals surface area (Å²) in [5, 5.41) is 4.42. The molecule has 31 heavy (non-hydrogen) atoms. The Morgan fingerprint density at radius 1 is 0.935 bits per heavy atom. The molecule has 4 bridgehead atoms. The molecule has 0 amide bonds. The fourth-order valence-corrected chi connectivity index (χ4v) is 6.64. The summed E-state index contributed by atoms with van der Waals surface area (Å²) in [6, 6.07) is 11.0. The van der Waals surface area contributed by atoms with Crippen molar-refractivity contribution in [2.75, 3.05) is 6.61 Å². The molecule has 0 aromatic heterocycles. The average molecular weight is 444 g/mol. The van der Waals surface area contributed by atoms with Crippen molar-refractivity contribution in [1.82, 2.24) is 5.32 Å². The summed E-state index contributed by atoms with van der Waals surface area (Å²) >= 11 is 6.61. The van der Waals surface area contributed by atoms with Crippen molar-refractivity contribution in [2.45, 2.75) is 58.2 Å². The first-order valence-corrected chi connectivity index (χ1v) is 12.0. The minimum atomic E-state index is -0.257. The van der Waals surface area contributed by atoms with Crippen LogP contribution in [0.3, 0.4) is 0 Å². The first-order valence-electron chi connectivity index (χ1n) is 11.6. The molecule has 5 heteroatoms. The highest BCUT2D eigenvalue weighted by molar-refractivity contribution is 6.32. The number of hydrogen-bond acceptors (Lipinski definition) is 3. The largest absolute Gasteiger partial charge is 0.490 e. The van der Waals surface area contributed by atoms with Crippen molar-refractivity contribution >= 4 is 11.6 Å². The third-order valence-corrected chi connectivity index (χ3v) is 7.71. The summed E-state index contributed by atoms with van der Waals surface area (Å²) in [7, 11) is 0. The van der Waals surface area contributed by atoms with E-state index in [1.165, 1.54) is 44.2 Å². The summed E-state index contributed by atoms with van der Waals surface area (Å²) in [6.45, 7) is 3.60. The van der Waals surface area contributed by atoms with Crippen molar-refractivity contribution in [3.63, 3.8) is 0 Å². The molecule has 0 unspecified atom stereocenters. The summed E-state index contributed by atoms with van der Waals surface area (Å²) in [6.07, 6.45) is 7.11. The maximum Gasteiger partial charge on any atom is 0.180 e. The molecule has 2 aromatic carbocycles. The number of nitrogens with one attached hydrogen (secondary N) is 1. The van der Waals surface area contributed by atoms with Gasteiger partial charge in [-0.1, -0.05) is 23.7 Å². The molecule has 1 N–H and O–H groups in total. The fraction of sp³-hybridized carbons (Fsp3) is 0.538. The van der Waals surface area contributed by atoms with Crippen LogP contribution in [0.25, 0.3) is 0 Å². The van der Waals surface area contributed by atoms with Gasteiger partial charge in [0.2, 0.25) is 0 Å². The van der Waals surface area contributed by atoms with Crippen LogP contribution in [0.15, 0.2) is 36.4 Å². The van der Waals surface area contributed by atoms with Crippen LogP contribution in [0.5, 0.6) is 11.5 Å². The maximum absolute atomic E-state index is 13.1. The standard InChI is InChI=1S/C26H31ClFNO2/c1-2-30-24-13-19(12-23(27)26(24)31-15-16-3-5-22(28)6-4-16)14-29-25-20-8-17-7-18(10-20)11-21(25)9-17/h3-6,12-13,17-18,20-21,25,29H,2,7-11,14-15H2,1H3. The smallest absolute Gasteiger partial charge is 0.180 e. The summed E-state index contributed by atoms with van der Waals surface area (Å²) in [5.74, 6) is 4.61. The van der Waals surface area contributed by atoms with Gasteiger partial charge in [-0.25, -0.2) is 4.39 Å². The second-order valence-corrected chi connectivity index (χ2v) is 10.00. The lowest BCUT2D eigenvalue weighted by molar-refractivity contribution is -0.0142. The number of halogens is 2. The molecule has 0 atom stereocenters. The molecular formula is C26H31ClFNO2. The van der Waals surface area contributed by atoms with Gasteiger partial charge in [0.05, 0.1) is 11.6 Å². The van der Waals surface area contributed by atoms with Crippen LogP contribution in [0.4, 0.5) is 4.39 Å². The fourth-order valence-electron chi connectivity index (χ4n) is 6.36. The van der Waals surface area contributed by atoms with Gasteiger partial charge < -0.3 is 14.8 Å². The molecule has 2 aromatic rings. The third kappa shape index (κ3) is 4.56. The molecule has 0 saturated heterocycles. The van der Waals surface area contributed by atoms with Gasteiger partial charge in [-0.3, -0.25) is 0 Å². The highest BCUT2D eigenvalue weighted by atomic mass is 35.5. The van der Waals surface area contributed by atoms with Crippen molar-refractivity contribution in [1.29, 1.82) is 0 Å². The van der Waals surface area contributed by atoms with E-state index < -0.39 is 0 Å². The minimum Gasteiger partial charge on any atom is -0.490 e. The Morgan fingerprint density at radius 3 is 2.26 bits per heavy atom. The lowest BCUT2D eigenvalue weighted by Crippen LogP contribution is -2.54. The normalized spacial score (nSPS) is 28.7. The Kier molecular flexibility index (Phi) is 6.12. The minimum absolute atomic E-state index is 0.257. The molecule has 0 heterocycles. The van der Waals surface area contributed by atoms with E-state index in [1.807, 2.05) is 19.1 Å². The van der Waals surface area contributed by atoms with Crippen molar-refractivity contribution in [3.8, 4) is 11.5 Å². The summed E-state index contributed by atoms with van der Waals surface area (Å²) in [4.78, 5) is 0. The number of hydrogen-bond donors (Lipinski definition) is 1. The summed E-state index contributed by atoms with van der Waals surface area (Å²) < 4.78 is 25.0. The highest BCUT2D eigenvalue weighted by Crippen LogP contribution is 2.53. The van der Waals surface area contributed by atoms with Crippen molar-refractivity contribution < 1.29 is 13.9 Å². The van der Waals surface area contributed by atoms with Crippen LogP contribution in [0, 0.1) is 29.5 Å². The van der Waals surface area contributed by atoms with E-state index in [4.69, 9.17) is 21.1 Å². The molecule has 0 spiro atoms. The van der Waals surface area contributed by atoms with Crippen LogP contribution in [0.1, 0.15) is 50.2 Å². The zero-order valence-electron chi connectivity index (χ0n) is 18.1. The SMILES string of the molecule is CCOc1cc(CNC2C3CC4CC(C3)CC2C4)cc(Cl)c1OCc1ccc(F)cc1. The van der Waals surface area contributed by atoms with Crippen LogP contribution >= 0.6 is 11.6 Å². The molecule has 4 aliphatic carbocycles. The van der Waals surface area contributed by atoms with Gasteiger partial charge in [0, 0.05) is 12.6 Å². The van der Waals surface area contributed by atoms with Crippen molar-refractivity contribution in [3.05, 3.63) is 58.4 Å². The Bertz CT molecular complexity index is 888. The second kappa shape index (κ2) is 8.99. The monoisotopic (exact) mass is 443 g/mol. The van der Waals surface area contributed by atoms with E-state index >= 15 is 0 Å². The predicted molar refractivity (Wildman–Crippen MR) is 121 cm³/mol. The predicted octanol–water partition coefficient (Wildman–Crippen LogP) is 6.37. The van der Waals surface area contributed by atoms with Gasteiger partial charge in [0.25, 0.3) is 0 Å². The lowest BCUT2D eigenvalue weighted by atomic mass is 9.54. The van der Waals surface area contributed by atoms with Gasteiger partial charge in [-0.2, -0.15) is 0 Å². The van der Waals surface area contributed by atoms with Gasteiger partial charge in [0.1, 0.15) is 12.4 Å². The highest BCUT2D eigenvalue weighted by Gasteiger charge is 2.47. The maximum atomic E-state index is 13.1. The molecule has 4 saturated carbocycles. The second-order valence-electron chi connectivity index (χ2n) is 9.59. The number of rotatable bonds is 8. The molecule has 4 fully saturated rings. The topological polar surface area (TPSA) is 30.5 Å². The van der Waals surface area contributed by atoms with Crippen LogP contribution < -0.4 is 14.8 Å². The van der Waals surface area contributed by atoms with E-state index in [9.17, 15) is 4.39 Å². The van der Waals surface area contributed by atoms with E-state index in [2.05, 4.69) is 5.32 Å². The van der Waals surface area contributed by atoms with E-state index in [-0.39, 0.29) is 5.82 Å². The first kappa shape index (κ1) is 21.1.